The summed E-state index contributed by atoms with van der Waals surface area (Å²) in [7, 11) is 1.04. The number of aryl methyl sites for hydroxylation is 1. The Morgan fingerprint density at radius 3 is 2.62 bits per heavy atom. The highest BCUT2D eigenvalue weighted by Crippen LogP contribution is 2.30. The molecular weight excluding hydrogens is 394 g/mol. The van der Waals surface area contributed by atoms with E-state index in [9.17, 15) is 13.2 Å². The fourth-order valence-corrected chi connectivity index (χ4v) is 5.18. The van der Waals surface area contributed by atoms with Gasteiger partial charge in [-0.05, 0) is 37.0 Å². The lowest BCUT2D eigenvalue weighted by Gasteiger charge is -2.29. The van der Waals surface area contributed by atoms with Crippen LogP contribution >= 0.6 is 0 Å². The number of hydrogen-bond acceptors (Lipinski definition) is 5. The molecule has 0 radical (unpaired) electrons. The van der Waals surface area contributed by atoms with Crippen molar-refractivity contribution in [3.8, 4) is 11.5 Å². The number of nitrogens with zero attached hydrogens (tertiary/aromatic N) is 2. The van der Waals surface area contributed by atoms with Crippen LogP contribution < -0.4 is 14.8 Å². The quantitative estimate of drug-likeness (QED) is 0.775. The van der Waals surface area contributed by atoms with E-state index < -0.39 is 15.9 Å². The number of anilines is 1. The number of ether oxygens (including phenoxy) is 2. The number of amides is 1. The van der Waals surface area contributed by atoms with Gasteiger partial charge in [0, 0.05) is 32.4 Å². The van der Waals surface area contributed by atoms with Crippen molar-refractivity contribution in [2.75, 3.05) is 32.6 Å². The van der Waals surface area contributed by atoms with Gasteiger partial charge in [0.25, 0.3) is 5.91 Å². The zero-order chi connectivity index (χ0) is 21.2. The van der Waals surface area contributed by atoms with Gasteiger partial charge in [-0.2, -0.15) is 4.31 Å². The van der Waals surface area contributed by atoms with Crippen LogP contribution in [0.2, 0.25) is 0 Å². The Bertz CT molecular complexity index is 1000. The van der Waals surface area contributed by atoms with Gasteiger partial charge in [0.2, 0.25) is 10.0 Å². The average Bonchev–Trinajstić information content (AvgIpc) is 3.10. The molecule has 1 unspecified atom stereocenters. The minimum atomic E-state index is -3.64. The Kier molecular flexibility index (Phi) is 6.18. The number of benzene rings is 1. The molecule has 2 heterocycles. The van der Waals surface area contributed by atoms with E-state index in [1.165, 1.54) is 35.4 Å². The lowest BCUT2D eigenvalue weighted by atomic mass is 10.0. The van der Waals surface area contributed by atoms with Crippen LogP contribution in [0.25, 0.3) is 0 Å². The molecular formula is C20H27N3O5S. The molecule has 1 saturated heterocycles. The number of rotatable bonds is 6. The summed E-state index contributed by atoms with van der Waals surface area (Å²) < 4.78 is 39.5. The molecule has 8 nitrogen and oxygen atoms in total. The molecule has 1 aromatic heterocycles. The zero-order valence-electron chi connectivity index (χ0n) is 17.1. The number of carbonyl (C=O) groups excluding carboxylic acids is 1. The van der Waals surface area contributed by atoms with Crippen LogP contribution in [0.4, 0.5) is 5.69 Å². The highest BCUT2D eigenvalue weighted by Gasteiger charge is 2.30. The van der Waals surface area contributed by atoms with Crippen LogP contribution in [0.5, 0.6) is 11.5 Å². The van der Waals surface area contributed by atoms with Crippen molar-refractivity contribution < 1.29 is 22.7 Å². The molecule has 29 heavy (non-hydrogen) atoms. The van der Waals surface area contributed by atoms with Crippen LogP contribution in [0, 0.1) is 5.92 Å². The second-order valence-electron chi connectivity index (χ2n) is 7.30. The molecule has 0 bridgehead atoms. The second-order valence-corrected chi connectivity index (χ2v) is 9.24. The van der Waals surface area contributed by atoms with Crippen molar-refractivity contribution in [1.29, 1.82) is 0 Å². The Morgan fingerprint density at radius 1 is 1.21 bits per heavy atom. The third-order valence-electron chi connectivity index (χ3n) is 5.12. The van der Waals surface area contributed by atoms with E-state index in [2.05, 4.69) is 5.32 Å². The number of piperidine rings is 1. The fraction of sp³-hybridized carbons (Fsp3) is 0.450. The van der Waals surface area contributed by atoms with Crippen molar-refractivity contribution >= 4 is 21.6 Å². The molecule has 1 fully saturated rings. The van der Waals surface area contributed by atoms with E-state index >= 15 is 0 Å². The third kappa shape index (κ3) is 4.40. The van der Waals surface area contributed by atoms with Crippen molar-refractivity contribution in [2.45, 2.75) is 24.7 Å². The van der Waals surface area contributed by atoms with Gasteiger partial charge in [-0.25, -0.2) is 8.42 Å². The Morgan fingerprint density at radius 2 is 1.97 bits per heavy atom. The molecule has 2 aromatic rings. The highest BCUT2D eigenvalue weighted by molar-refractivity contribution is 7.89. The van der Waals surface area contributed by atoms with Crippen molar-refractivity contribution in [1.82, 2.24) is 8.87 Å². The largest absolute Gasteiger partial charge is 0.497 e. The van der Waals surface area contributed by atoms with Crippen molar-refractivity contribution in [3.05, 3.63) is 36.2 Å². The lowest BCUT2D eigenvalue weighted by molar-refractivity contribution is 0.101. The summed E-state index contributed by atoms with van der Waals surface area (Å²) in [6, 6.07) is 6.47. The molecule has 158 valence electrons. The van der Waals surface area contributed by atoms with Gasteiger partial charge in [0.1, 0.15) is 22.1 Å². The van der Waals surface area contributed by atoms with E-state index in [0.29, 0.717) is 36.2 Å². The van der Waals surface area contributed by atoms with Crippen molar-refractivity contribution in [2.24, 2.45) is 13.0 Å². The predicted molar refractivity (Wildman–Crippen MR) is 110 cm³/mol. The predicted octanol–water partition coefficient (Wildman–Crippen LogP) is 2.72. The molecule has 1 aliphatic heterocycles. The van der Waals surface area contributed by atoms with E-state index in [-0.39, 0.29) is 10.6 Å². The summed E-state index contributed by atoms with van der Waals surface area (Å²) in [5.41, 5.74) is 0.672. The van der Waals surface area contributed by atoms with Crippen LogP contribution in [-0.4, -0.2) is 50.5 Å². The minimum absolute atomic E-state index is 0.122. The van der Waals surface area contributed by atoms with E-state index in [0.717, 1.165) is 12.8 Å². The maximum atomic E-state index is 13.0. The molecule has 1 N–H and O–H groups in total. The first kappa shape index (κ1) is 21.2. The van der Waals surface area contributed by atoms with Crippen LogP contribution in [0.3, 0.4) is 0 Å². The summed E-state index contributed by atoms with van der Waals surface area (Å²) in [4.78, 5) is 13.0. The molecule has 0 saturated carbocycles. The van der Waals surface area contributed by atoms with Gasteiger partial charge in [-0.15, -0.1) is 0 Å². The first-order chi connectivity index (χ1) is 13.8. The lowest BCUT2D eigenvalue weighted by Crippen LogP contribution is -2.38. The maximum absolute atomic E-state index is 13.0. The minimum Gasteiger partial charge on any atom is -0.497 e. The SMILES string of the molecule is COc1ccc(OC)c(NC(=O)c2cc(S(=O)(=O)N3CCCC(C)C3)cn2C)c1. The number of nitrogens with one attached hydrogen (secondary N) is 1. The summed E-state index contributed by atoms with van der Waals surface area (Å²) in [6.07, 6.45) is 3.35. The van der Waals surface area contributed by atoms with Crippen LogP contribution in [0.15, 0.2) is 35.4 Å². The third-order valence-corrected chi connectivity index (χ3v) is 6.96. The first-order valence-corrected chi connectivity index (χ1v) is 10.9. The molecule has 1 atom stereocenters. The fourth-order valence-electron chi connectivity index (χ4n) is 3.51. The molecule has 3 rings (SSSR count). The number of carbonyl (C=O) groups is 1. The molecule has 1 aliphatic rings. The van der Waals surface area contributed by atoms with Gasteiger partial charge >= 0.3 is 0 Å². The standard InChI is InChI=1S/C20H27N3O5S/c1-14-6-5-9-23(12-14)29(25,26)16-11-18(22(2)13-16)20(24)21-17-10-15(27-3)7-8-19(17)28-4/h7-8,10-11,13-14H,5-6,9,12H2,1-4H3,(H,21,24). The summed E-state index contributed by atoms with van der Waals surface area (Å²) in [6.45, 7) is 3.05. The average molecular weight is 422 g/mol. The topological polar surface area (TPSA) is 89.9 Å². The molecule has 9 heteroatoms. The zero-order valence-corrected chi connectivity index (χ0v) is 18.0. The molecule has 0 spiro atoms. The van der Waals surface area contributed by atoms with Gasteiger partial charge < -0.3 is 19.4 Å². The Labute approximate surface area is 171 Å². The molecule has 1 aromatic carbocycles. The number of methoxy groups -OCH3 is 2. The summed E-state index contributed by atoms with van der Waals surface area (Å²) in [5, 5.41) is 2.77. The number of hydrogen-bond donors (Lipinski definition) is 1. The number of sulfonamides is 1. The van der Waals surface area contributed by atoms with Crippen LogP contribution in [-0.2, 0) is 17.1 Å². The second kappa shape index (κ2) is 8.46. The summed E-state index contributed by atoms with van der Waals surface area (Å²) in [5.74, 6) is 0.928. The Hall–Kier alpha value is -2.52. The van der Waals surface area contributed by atoms with Gasteiger partial charge in [0.05, 0.1) is 19.9 Å². The van der Waals surface area contributed by atoms with Crippen LogP contribution in [0.1, 0.15) is 30.3 Å². The Balaban J connectivity index is 1.86. The van der Waals surface area contributed by atoms with Gasteiger partial charge in [-0.1, -0.05) is 6.92 Å². The molecule has 1 amide bonds. The van der Waals surface area contributed by atoms with Crippen molar-refractivity contribution in [3.63, 3.8) is 0 Å². The van der Waals surface area contributed by atoms with Gasteiger partial charge in [-0.3, -0.25) is 4.79 Å². The highest BCUT2D eigenvalue weighted by atomic mass is 32.2. The van der Waals surface area contributed by atoms with E-state index in [1.807, 2.05) is 6.92 Å². The summed E-state index contributed by atoms with van der Waals surface area (Å²) >= 11 is 0. The monoisotopic (exact) mass is 421 g/mol. The number of aromatic nitrogens is 1. The normalized spacial score (nSPS) is 17.7. The first-order valence-electron chi connectivity index (χ1n) is 9.46. The van der Waals surface area contributed by atoms with E-state index in [4.69, 9.17) is 9.47 Å². The molecule has 0 aliphatic carbocycles. The van der Waals surface area contributed by atoms with E-state index in [1.54, 1.807) is 25.2 Å². The smallest absolute Gasteiger partial charge is 0.272 e. The van der Waals surface area contributed by atoms with Gasteiger partial charge in [0.15, 0.2) is 0 Å². The maximum Gasteiger partial charge on any atom is 0.272 e.